The van der Waals surface area contributed by atoms with Crippen LogP contribution in [0.2, 0.25) is 0 Å². The summed E-state index contributed by atoms with van der Waals surface area (Å²) in [5, 5.41) is 8.95. The van der Waals surface area contributed by atoms with Crippen molar-refractivity contribution < 1.29 is 14.7 Å². The quantitative estimate of drug-likeness (QED) is 0.643. The monoisotopic (exact) mass is 214 g/mol. The van der Waals surface area contributed by atoms with Crippen molar-refractivity contribution in [1.29, 1.82) is 0 Å². The highest BCUT2D eigenvalue weighted by Gasteiger charge is 2.47. The Morgan fingerprint density at radius 1 is 1.71 bits per heavy atom. The number of aliphatic carboxylic acids is 1. The smallest absolute Gasteiger partial charge is 0.353 e. The Morgan fingerprint density at radius 3 is 2.93 bits per heavy atom. The van der Waals surface area contributed by atoms with Crippen LogP contribution in [0.1, 0.15) is 12.8 Å². The first-order chi connectivity index (χ1) is 6.65. The Bertz CT molecular complexity index is 339. The lowest BCUT2D eigenvalue weighted by atomic mass is 10.1. The van der Waals surface area contributed by atoms with Gasteiger partial charge in [-0.15, -0.1) is 11.8 Å². The highest BCUT2D eigenvalue weighted by molar-refractivity contribution is 8.04. The third-order valence-electron chi connectivity index (χ3n) is 2.26. The van der Waals surface area contributed by atoms with Gasteiger partial charge in [-0.05, 0) is 13.0 Å². The minimum absolute atomic E-state index is 0.00940. The van der Waals surface area contributed by atoms with Crippen molar-refractivity contribution in [2.45, 2.75) is 18.2 Å². The van der Waals surface area contributed by atoms with Crippen LogP contribution in [0, 0.1) is 0 Å². The molecule has 1 atom stereocenters. The van der Waals surface area contributed by atoms with Gasteiger partial charge in [0.1, 0.15) is 5.70 Å². The first-order valence-electron chi connectivity index (χ1n) is 4.30. The number of amides is 1. The molecule has 0 unspecified atom stereocenters. The lowest BCUT2D eigenvalue weighted by Crippen LogP contribution is -2.48. The van der Waals surface area contributed by atoms with E-state index in [0.29, 0.717) is 19.4 Å². The van der Waals surface area contributed by atoms with E-state index < -0.39 is 5.97 Å². The highest BCUT2D eigenvalue weighted by Crippen LogP contribution is 2.46. The maximum Gasteiger partial charge on any atom is 0.353 e. The number of fused-ring (bicyclic) bond motifs is 1. The summed E-state index contributed by atoms with van der Waals surface area (Å²) in [5.41, 5.74) is 5.51. The van der Waals surface area contributed by atoms with Crippen LogP contribution in [0.3, 0.4) is 0 Å². The summed E-state index contributed by atoms with van der Waals surface area (Å²) in [6.07, 6.45) is 0.974. The first-order valence-corrected chi connectivity index (χ1v) is 5.18. The standard InChI is InChI=1S/C8H10N2O3S/c9-2-1-4-7(8(12)13)10-5(11)3-6(10)14-4/h6H,1-3,9H2,(H,12,13)/t6-/m1/s1. The molecule has 0 spiro atoms. The Balaban J connectivity index is 2.28. The number of nitrogens with two attached hydrogens (primary N) is 1. The molecule has 14 heavy (non-hydrogen) atoms. The van der Waals surface area contributed by atoms with Crippen LogP contribution in [-0.4, -0.2) is 33.8 Å². The van der Waals surface area contributed by atoms with Crippen molar-refractivity contribution in [2.75, 3.05) is 6.54 Å². The molecule has 5 nitrogen and oxygen atoms in total. The van der Waals surface area contributed by atoms with E-state index in [1.54, 1.807) is 0 Å². The molecule has 2 rings (SSSR count). The van der Waals surface area contributed by atoms with E-state index in [0.717, 1.165) is 4.91 Å². The van der Waals surface area contributed by atoms with Crippen LogP contribution >= 0.6 is 11.8 Å². The number of carbonyl (C=O) groups excluding carboxylic acids is 1. The highest BCUT2D eigenvalue weighted by atomic mass is 32.2. The van der Waals surface area contributed by atoms with Gasteiger partial charge in [-0.3, -0.25) is 9.69 Å². The number of thioether (sulfide) groups is 1. The van der Waals surface area contributed by atoms with Crippen molar-refractivity contribution in [3.63, 3.8) is 0 Å². The van der Waals surface area contributed by atoms with Crippen LogP contribution in [0.4, 0.5) is 0 Å². The van der Waals surface area contributed by atoms with Crippen molar-refractivity contribution in [3.05, 3.63) is 10.6 Å². The number of hydrogen-bond acceptors (Lipinski definition) is 4. The number of hydrogen-bond donors (Lipinski definition) is 2. The first kappa shape index (κ1) is 9.54. The minimum atomic E-state index is -1.03. The summed E-state index contributed by atoms with van der Waals surface area (Å²) in [6, 6.07) is 0. The number of nitrogens with zero attached hydrogens (tertiary/aromatic N) is 1. The van der Waals surface area contributed by atoms with Gasteiger partial charge in [0.05, 0.1) is 11.8 Å². The lowest BCUT2D eigenvalue weighted by Gasteiger charge is -2.33. The number of carboxylic acid groups (broad SMARTS) is 1. The van der Waals surface area contributed by atoms with Gasteiger partial charge in [-0.1, -0.05) is 0 Å². The van der Waals surface area contributed by atoms with Crippen LogP contribution in [0.15, 0.2) is 10.6 Å². The largest absolute Gasteiger partial charge is 0.477 e. The Morgan fingerprint density at radius 2 is 2.43 bits per heavy atom. The van der Waals surface area contributed by atoms with Crippen LogP contribution in [-0.2, 0) is 9.59 Å². The zero-order valence-electron chi connectivity index (χ0n) is 7.40. The van der Waals surface area contributed by atoms with Crippen molar-refractivity contribution >= 4 is 23.6 Å². The molecule has 0 saturated carbocycles. The lowest BCUT2D eigenvalue weighted by molar-refractivity contribution is -0.145. The van der Waals surface area contributed by atoms with Gasteiger partial charge >= 0.3 is 5.97 Å². The maximum absolute atomic E-state index is 11.2. The fourth-order valence-electron chi connectivity index (χ4n) is 1.64. The van der Waals surface area contributed by atoms with Crippen LogP contribution in [0.5, 0.6) is 0 Å². The van der Waals surface area contributed by atoms with Gasteiger partial charge in [0.25, 0.3) is 0 Å². The Hall–Kier alpha value is -1.01. The molecule has 3 N–H and O–H groups in total. The molecule has 76 valence electrons. The number of β-lactam (4-membered cyclic amide) rings is 1. The topological polar surface area (TPSA) is 83.6 Å². The predicted octanol–water partition coefficient (Wildman–Crippen LogP) is -0.0634. The number of carboxylic acids is 1. The van der Waals surface area contributed by atoms with Gasteiger partial charge in [-0.2, -0.15) is 0 Å². The van der Waals surface area contributed by atoms with Gasteiger partial charge in [-0.25, -0.2) is 4.79 Å². The summed E-state index contributed by atoms with van der Waals surface area (Å²) in [5.74, 6) is -1.14. The zero-order valence-corrected chi connectivity index (χ0v) is 8.21. The second-order valence-electron chi connectivity index (χ2n) is 3.16. The van der Waals surface area contributed by atoms with E-state index >= 15 is 0 Å². The summed E-state index contributed by atoms with van der Waals surface area (Å²) in [4.78, 5) is 24.2. The third-order valence-corrected chi connectivity index (χ3v) is 3.59. The molecule has 0 aromatic rings. The van der Waals surface area contributed by atoms with E-state index in [2.05, 4.69) is 0 Å². The molecule has 1 saturated heterocycles. The van der Waals surface area contributed by atoms with Crippen molar-refractivity contribution in [2.24, 2.45) is 5.73 Å². The molecule has 0 bridgehead atoms. The van der Waals surface area contributed by atoms with E-state index in [9.17, 15) is 9.59 Å². The summed E-state index contributed by atoms with van der Waals surface area (Å²) < 4.78 is 0. The van der Waals surface area contributed by atoms with Gasteiger partial charge in [0.2, 0.25) is 5.91 Å². The molecule has 0 radical (unpaired) electrons. The molecule has 1 fully saturated rings. The van der Waals surface area contributed by atoms with Crippen molar-refractivity contribution in [3.8, 4) is 0 Å². The molecule has 0 aliphatic carbocycles. The fourth-order valence-corrected chi connectivity index (χ4v) is 3.05. The molecule has 2 aliphatic heterocycles. The maximum atomic E-state index is 11.2. The zero-order chi connectivity index (χ0) is 10.3. The van der Waals surface area contributed by atoms with Gasteiger partial charge in [0.15, 0.2) is 0 Å². The third kappa shape index (κ3) is 1.22. The second kappa shape index (κ2) is 3.29. The van der Waals surface area contributed by atoms with E-state index in [1.165, 1.54) is 16.7 Å². The van der Waals surface area contributed by atoms with Gasteiger partial charge in [0, 0.05) is 4.91 Å². The SMILES string of the molecule is NCCC1=C(C(=O)O)N2C(=O)C[C@H]2S1. The van der Waals surface area contributed by atoms with Crippen molar-refractivity contribution in [1.82, 2.24) is 4.90 Å². The second-order valence-corrected chi connectivity index (χ2v) is 4.43. The molecular formula is C8H10N2O3S. The van der Waals surface area contributed by atoms with Gasteiger partial charge < -0.3 is 10.8 Å². The fraction of sp³-hybridized carbons (Fsp3) is 0.500. The normalized spacial score (nSPS) is 25.1. The molecule has 1 amide bonds. The molecule has 2 aliphatic rings. The van der Waals surface area contributed by atoms with Crippen LogP contribution < -0.4 is 5.73 Å². The van der Waals surface area contributed by atoms with E-state index in [1.807, 2.05) is 0 Å². The average Bonchev–Trinajstić information content (AvgIpc) is 2.39. The Labute approximate surface area is 84.9 Å². The molecule has 0 aromatic carbocycles. The summed E-state index contributed by atoms with van der Waals surface area (Å²) in [6.45, 7) is 0.411. The summed E-state index contributed by atoms with van der Waals surface area (Å²) in [7, 11) is 0. The average molecular weight is 214 g/mol. The minimum Gasteiger partial charge on any atom is -0.477 e. The molecule has 6 heteroatoms. The predicted molar refractivity (Wildman–Crippen MR) is 51.2 cm³/mol. The Kier molecular flexibility index (Phi) is 2.24. The molecular weight excluding hydrogens is 204 g/mol. The number of rotatable bonds is 3. The number of carbonyl (C=O) groups is 2. The molecule has 2 heterocycles. The van der Waals surface area contributed by atoms with E-state index in [4.69, 9.17) is 10.8 Å². The van der Waals surface area contributed by atoms with E-state index in [-0.39, 0.29) is 17.0 Å². The van der Waals surface area contributed by atoms with Crippen LogP contribution in [0.25, 0.3) is 0 Å². The molecule has 0 aromatic heterocycles. The summed E-state index contributed by atoms with van der Waals surface area (Å²) >= 11 is 1.45.